The summed E-state index contributed by atoms with van der Waals surface area (Å²) in [4.78, 5) is 24.3. The van der Waals surface area contributed by atoms with E-state index >= 15 is 0 Å². The van der Waals surface area contributed by atoms with E-state index in [0.29, 0.717) is 18.1 Å². The average molecular weight is 411 g/mol. The summed E-state index contributed by atoms with van der Waals surface area (Å²) in [6.45, 7) is 1.45. The van der Waals surface area contributed by atoms with E-state index in [1.54, 1.807) is 23.4 Å². The predicted molar refractivity (Wildman–Crippen MR) is 117 cm³/mol. The van der Waals surface area contributed by atoms with Gasteiger partial charge in [-0.25, -0.2) is 9.97 Å². The van der Waals surface area contributed by atoms with Crippen molar-refractivity contribution in [3.05, 3.63) is 85.1 Å². The molecule has 0 radical (unpaired) electrons. The van der Waals surface area contributed by atoms with Crippen molar-refractivity contribution in [1.29, 1.82) is 0 Å². The van der Waals surface area contributed by atoms with Crippen LogP contribution in [0, 0.1) is 0 Å². The zero-order valence-electron chi connectivity index (χ0n) is 16.8. The second-order valence-electron chi connectivity index (χ2n) is 7.40. The molecule has 154 valence electrons. The summed E-state index contributed by atoms with van der Waals surface area (Å²) < 4.78 is 1.73. The lowest BCUT2D eigenvalue weighted by molar-refractivity contribution is 0.0940. The first-order chi connectivity index (χ1) is 15.3. The molecule has 0 saturated carbocycles. The fourth-order valence-corrected chi connectivity index (χ4v) is 3.81. The number of hydrogen-bond acceptors (Lipinski definition) is 6. The van der Waals surface area contributed by atoms with Crippen LogP contribution in [0.2, 0.25) is 0 Å². The number of aromatic nitrogens is 5. The number of nitrogens with one attached hydrogen (secondary N) is 1. The normalized spacial score (nSPS) is 15.7. The van der Waals surface area contributed by atoms with Crippen LogP contribution in [-0.2, 0) is 0 Å². The Kier molecular flexibility index (Phi) is 5.10. The van der Waals surface area contributed by atoms with Gasteiger partial charge < -0.3 is 10.2 Å². The predicted octanol–water partition coefficient (Wildman–Crippen LogP) is 2.73. The molecule has 0 aliphatic carbocycles. The van der Waals surface area contributed by atoms with Crippen molar-refractivity contribution in [2.24, 2.45) is 0 Å². The molecule has 1 aliphatic rings. The molecule has 31 heavy (non-hydrogen) atoms. The van der Waals surface area contributed by atoms with Crippen LogP contribution in [0.5, 0.6) is 0 Å². The SMILES string of the molecule is O=C(NC1CCN(c2nccc(-c3ccccc3)n2)C1)c1ccccc1-n1cnnc1. The molecule has 0 spiro atoms. The number of carbonyl (C=O) groups is 1. The summed E-state index contributed by atoms with van der Waals surface area (Å²) in [7, 11) is 0. The number of benzene rings is 2. The summed E-state index contributed by atoms with van der Waals surface area (Å²) in [5.74, 6) is 0.568. The van der Waals surface area contributed by atoms with E-state index in [0.717, 1.165) is 29.9 Å². The minimum Gasteiger partial charge on any atom is -0.347 e. The summed E-state index contributed by atoms with van der Waals surface area (Å²) >= 11 is 0. The van der Waals surface area contributed by atoms with Gasteiger partial charge in [-0.2, -0.15) is 0 Å². The largest absolute Gasteiger partial charge is 0.347 e. The van der Waals surface area contributed by atoms with Crippen LogP contribution in [0.3, 0.4) is 0 Å². The van der Waals surface area contributed by atoms with Crippen LogP contribution >= 0.6 is 0 Å². The number of rotatable bonds is 5. The van der Waals surface area contributed by atoms with Gasteiger partial charge in [0.1, 0.15) is 12.7 Å². The molecule has 1 saturated heterocycles. The van der Waals surface area contributed by atoms with Gasteiger partial charge in [0.15, 0.2) is 0 Å². The Bertz CT molecular complexity index is 1180. The summed E-state index contributed by atoms with van der Waals surface area (Å²) in [5.41, 5.74) is 3.28. The monoisotopic (exact) mass is 411 g/mol. The molecule has 0 bridgehead atoms. The third-order valence-corrected chi connectivity index (χ3v) is 5.36. The minimum absolute atomic E-state index is 0.0189. The second-order valence-corrected chi connectivity index (χ2v) is 7.40. The number of amides is 1. The van der Waals surface area contributed by atoms with Gasteiger partial charge in [0.05, 0.1) is 16.9 Å². The molecule has 8 nitrogen and oxygen atoms in total. The van der Waals surface area contributed by atoms with E-state index in [1.807, 2.05) is 60.7 Å². The third-order valence-electron chi connectivity index (χ3n) is 5.36. The van der Waals surface area contributed by atoms with E-state index in [-0.39, 0.29) is 11.9 Å². The first kappa shape index (κ1) is 18.9. The molecule has 1 amide bonds. The number of hydrogen-bond donors (Lipinski definition) is 1. The zero-order chi connectivity index (χ0) is 21.0. The maximum Gasteiger partial charge on any atom is 0.253 e. The van der Waals surface area contributed by atoms with Crippen molar-refractivity contribution in [1.82, 2.24) is 30.0 Å². The molecule has 5 rings (SSSR count). The van der Waals surface area contributed by atoms with Crippen molar-refractivity contribution < 1.29 is 4.79 Å². The van der Waals surface area contributed by atoms with Gasteiger partial charge in [0.2, 0.25) is 5.95 Å². The van der Waals surface area contributed by atoms with Crippen molar-refractivity contribution >= 4 is 11.9 Å². The van der Waals surface area contributed by atoms with Gasteiger partial charge in [-0.1, -0.05) is 42.5 Å². The van der Waals surface area contributed by atoms with Gasteiger partial charge in [0.25, 0.3) is 5.91 Å². The summed E-state index contributed by atoms with van der Waals surface area (Å²) in [6, 6.07) is 19.4. The molecular formula is C23H21N7O. The van der Waals surface area contributed by atoms with Crippen LogP contribution in [0.15, 0.2) is 79.5 Å². The lowest BCUT2D eigenvalue weighted by Gasteiger charge is -2.18. The molecule has 1 fully saturated rings. The summed E-state index contributed by atoms with van der Waals surface area (Å²) in [5, 5.41) is 10.8. The highest BCUT2D eigenvalue weighted by atomic mass is 16.1. The Labute approximate surface area is 179 Å². The van der Waals surface area contributed by atoms with Crippen molar-refractivity contribution in [3.63, 3.8) is 0 Å². The maximum absolute atomic E-state index is 13.0. The standard InChI is InChI=1S/C23H21N7O/c31-22(19-8-4-5-9-21(19)30-15-25-26-16-30)27-18-11-13-29(14-18)23-24-12-10-20(28-23)17-6-2-1-3-7-17/h1-10,12,15-16,18H,11,13-14H2,(H,27,31). The lowest BCUT2D eigenvalue weighted by atomic mass is 10.1. The van der Waals surface area contributed by atoms with Gasteiger partial charge >= 0.3 is 0 Å². The highest BCUT2D eigenvalue weighted by molar-refractivity contribution is 5.98. The summed E-state index contributed by atoms with van der Waals surface area (Å²) in [6.07, 6.45) is 5.78. The fraction of sp³-hybridized carbons (Fsp3) is 0.174. The number of anilines is 1. The topological polar surface area (TPSA) is 88.8 Å². The molecule has 1 unspecified atom stereocenters. The highest BCUT2D eigenvalue weighted by Crippen LogP contribution is 2.22. The fourth-order valence-electron chi connectivity index (χ4n) is 3.81. The maximum atomic E-state index is 13.0. The molecule has 2 aromatic carbocycles. The Morgan fingerprint density at radius 2 is 1.74 bits per heavy atom. The number of nitrogens with zero attached hydrogens (tertiary/aromatic N) is 6. The van der Waals surface area contributed by atoms with E-state index in [2.05, 4.69) is 25.4 Å². The third kappa shape index (κ3) is 4.00. The second kappa shape index (κ2) is 8.35. The Balaban J connectivity index is 1.29. The van der Waals surface area contributed by atoms with Crippen LogP contribution in [0.4, 0.5) is 5.95 Å². The first-order valence-corrected chi connectivity index (χ1v) is 10.2. The van der Waals surface area contributed by atoms with Crippen LogP contribution in [0.1, 0.15) is 16.8 Å². The van der Waals surface area contributed by atoms with E-state index in [4.69, 9.17) is 4.98 Å². The molecule has 4 aromatic rings. The van der Waals surface area contributed by atoms with Crippen molar-refractivity contribution in [3.8, 4) is 16.9 Å². The van der Waals surface area contributed by atoms with Crippen molar-refractivity contribution in [2.45, 2.75) is 12.5 Å². The first-order valence-electron chi connectivity index (χ1n) is 10.2. The molecule has 3 heterocycles. The molecule has 1 aliphatic heterocycles. The molecule has 1 atom stereocenters. The van der Waals surface area contributed by atoms with Gasteiger partial charge in [0, 0.05) is 30.9 Å². The molecule has 8 heteroatoms. The smallest absolute Gasteiger partial charge is 0.253 e. The minimum atomic E-state index is -0.116. The quantitative estimate of drug-likeness (QED) is 0.543. The molecular weight excluding hydrogens is 390 g/mol. The van der Waals surface area contributed by atoms with Crippen LogP contribution < -0.4 is 10.2 Å². The molecule has 1 N–H and O–H groups in total. The van der Waals surface area contributed by atoms with E-state index < -0.39 is 0 Å². The average Bonchev–Trinajstić information content (AvgIpc) is 3.52. The number of carbonyl (C=O) groups excluding carboxylic acids is 1. The highest BCUT2D eigenvalue weighted by Gasteiger charge is 2.27. The van der Waals surface area contributed by atoms with Crippen LogP contribution in [-0.4, -0.2) is 49.8 Å². The zero-order valence-corrected chi connectivity index (χ0v) is 16.8. The Hall–Kier alpha value is -4.07. The Morgan fingerprint density at radius 1 is 0.968 bits per heavy atom. The Morgan fingerprint density at radius 3 is 2.58 bits per heavy atom. The van der Waals surface area contributed by atoms with Gasteiger partial charge in [-0.15, -0.1) is 10.2 Å². The van der Waals surface area contributed by atoms with Crippen molar-refractivity contribution in [2.75, 3.05) is 18.0 Å². The lowest BCUT2D eigenvalue weighted by Crippen LogP contribution is -2.37. The van der Waals surface area contributed by atoms with Crippen LogP contribution in [0.25, 0.3) is 16.9 Å². The number of para-hydroxylation sites is 1. The molecule has 2 aromatic heterocycles. The van der Waals surface area contributed by atoms with Gasteiger partial charge in [-0.3, -0.25) is 9.36 Å². The van der Waals surface area contributed by atoms with E-state index in [1.165, 1.54) is 0 Å². The van der Waals surface area contributed by atoms with E-state index in [9.17, 15) is 4.79 Å². The van der Waals surface area contributed by atoms with Gasteiger partial charge in [-0.05, 0) is 24.6 Å².